The second-order valence-electron chi connectivity index (χ2n) is 7.89. The molecule has 6 nitrogen and oxygen atoms in total. The summed E-state index contributed by atoms with van der Waals surface area (Å²) in [6.07, 6.45) is 0.879. The molecule has 0 fully saturated rings. The largest absolute Gasteiger partial charge is 0.478 e. The number of rotatable bonds is 7. The number of hydrogen-bond acceptors (Lipinski definition) is 6. The van der Waals surface area contributed by atoms with Gasteiger partial charge in [0.15, 0.2) is 5.60 Å². The monoisotopic (exact) mass is 502 g/mol. The number of hydrogen-bond donors (Lipinski definition) is 2. The molecule has 3 aromatic rings. The Balaban J connectivity index is 1.84. The topological polar surface area (TPSA) is 75.6 Å². The van der Waals surface area contributed by atoms with E-state index >= 15 is 0 Å². The van der Waals surface area contributed by atoms with E-state index in [1.807, 2.05) is 51.1 Å². The number of hydrazone groups is 1. The summed E-state index contributed by atoms with van der Waals surface area (Å²) in [5.41, 5.74) is 6.59. The molecule has 1 amide bonds. The first-order valence-corrected chi connectivity index (χ1v) is 11.7. The third kappa shape index (κ3) is 5.43. The quantitative estimate of drug-likeness (QED) is 0.279. The zero-order chi connectivity index (χ0) is 22.8. The molecule has 0 saturated heterocycles. The number of carbonyl (C=O) groups excluding carboxylic acids is 1. The molecule has 0 aliphatic heterocycles. The summed E-state index contributed by atoms with van der Waals surface area (Å²) in [5.74, 6) is 0.417. The van der Waals surface area contributed by atoms with Gasteiger partial charge in [-0.3, -0.25) is 10.2 Å². The summed E-state index contributed by atoms with van der Waals surface area (Å²) in [6.45, 7) is 11.5. The zero-order valence-corrected chi connectivity index (χ0v) is 21.0. The minimum Gasteiger partial charge on any atom is -0.478 e. The fraction of sp³-hybridized carbons (Fsp3) is 0.348. The molecular formula is C23H27BrN4O2S. The van der Waals surface area contributed by atoms with Crippen molar-refractivity contribution >= 4 is 59.9 Å². The number of ether oxygens (including phenoxy) is 1. The van der Waals surface area contributed by atoms with Crippen LogP contribution in [-0.4, -0.2) is 22.2 Å². The van der Waals surface area contributed by atoms with Crippen molar-refractivity contribution in [3.63, 3.8) is 0 Å². The molecule has 164 valence electrons. The van der Waals surface area contributed by atoms with Gasteiger partial charge in [-0.25, -0.2) is 4.98 Å². The highest BCUT2D eigenvalue weighted by molar-refractivity contribution is 9.10. The van der Waals surface area contributed by atoms with Crippen LogP contribution >= 0.6 is 27.3 Å². The third-order valence-electron chi connectivity index (χ3n) is 4.94. The maximum absolute atomic E-state index is 13.1. The van der Waals surface area contributed by atoms with Gasteiger partial charge in [-0.15, -0.1) is 0 Å². The lowest BCUT2D eigenvalue weighted by Gasteiger charge is -2.26. The van der Waals surface area contributed by atoms with Gasteiger partial charge in [0, 0.05) is 15.9 Å². The van der Waals surface area contributed by atoms with Crippen LogP contribution in [0.2, 0.25) is 0 Å². The number of aryl methyl sites for hydroxylation is 2. The fourth-order valence-corrected chi connectivity index (χ4v) is 4.11. The second-order valence-corrected chi connectivity index (χ2v) is 9.81. The molecule has 3 rings (SSSR count). The van der Waals surface area contributed by atoms with Crippen molar-refractivity contribution in [1.29, 1.82) is 0 Å². The number of benzene rings is 2. The standard InChI is InChI=1S/C23H27BrN4O2S/c1-7-14(3)27-28-22-25-18-12-13(2)19(15(4)20(18)31-22)26-21(29)23(5,6)30-17-10-8-16(24)9-11-17/h8-12H,7H2,1-6H3,(H,25,28)(H,26,29)/b27-14+. The van der Waals surface area contributed by atoms with E-state index in [-0.39, 0.29) is 5.91 Å². The van der Waals surface area contributed by atoms with Crippen LogP contribution in [0.5, 0.6) is 5.75 Å². The minimum absolute atomic E-state index is 0.216. The number of amides is 1. The van der Waals surface area contributed by atoms with Gasteiger partial charge in [0.1, 0.15) is 5.75 Å². The Labute approximate surface area is 195 Å². The summed E-state index contributed by atoms with van der Waals surface area (Å²) < 4.78 is 7.93. The lowest BCUT2D eigenvalue weighted by Crippen LogP contribution is -2.42. The van der Waals surface area contributed by atoms with Crippen LogP contribution in [0.3, 0.4) is 0 Å². The van der Waals surface area contributed by atoms with Crippen LogP contribution in [0.1, 0.15) is 45.2 Å². The maximum Gasteiger partial charge on any atom is 0.267 e. The second kappa shape index (κ2) is 9.36. The molecule has 0 saturated carbocycles. The van der Waals surface area contributed by atoms with Crippen molar-refractivity contribution in [1.82, 2.24) is 4.98 Å². The van der Waals surface area contributed by atoms with E-state index in [1.165, 1.54) is 11.3 Å². The number of aromatic nitrogens is 1. The summed E-state index contributed by atoms with van der Waals surface area (Å²) in [6, 6.07) is 9.41. The maximum atomic E-state index is 13.1. The fourth-order valence-electron chi connectivity index (χ4n) is 2.96. The Morgan fingerprint density at radius 3 is 2.58 bits per heavy atom. The molecule has 0 aliphatic carbocycles. The summed E-state index contributed by atoms with van der Waals surface area (Å²) in [5, 5.41) is 8.13. The van der Waals surface area contributed by atoms with Crippen molar-refractivity contribution in [3.8, 4) is 5.75 Å². The highest BCUT2D eigenvalue weighted by Gasteiger charge is 2.31. The van der Waals surface area contributed by atoms with Crippen LogP contribution in [0.15, 0.2) is 39.9 Å². The molecule has 0 atom stereocenters. The predicted molar refractivity (Wildman–Crippen MR) is 134 cm³/mol. The molecule has 0 unspecified atom stereocenters. The molecule has 1 aromatic heterocycles. The van der Waals surface area contributed by atoms with E-state index in [1.54, 1.807) is 13.8 Å². The van der Waals surface area contributed by atoms with Gasteiger partial charge in [-0.05, 0) is 82.5 Å². The lowest BCUT2D eigenvalue weighted by atomic mass is 10.0. The van der Waals surface area contributed by atoms with Crippen LogP contribution in [0, 0.1) is 13.8 Å². The molecule has 2 N–H and O–H groups in total. The molecule has 2 aromatic carbocycles. The normalized spacial score (nSPS) is 12.2. The molecule has 31 heavy (non-hydrogen) atoms. The number of anilines is 2. The molecule has 0 aliphatic rings. The van der Waals surface area contributed by atoms with Gasteiger partial charge in [0.2, 0.25) is 5.13 Å². The van der Waals surface area contributed by atoms with Gasteiger partial charge in [0.25, 0.3) is 5.91 Å². The van der Waals surface area contributed by atoms with Crippen LogP contribution in [0.25, 0.3) is 10.2 Å². The minimum atomic E-state index is -1.05. The van der Waals surface area contributed by atoms with Gasteiger partial charge in [-0.2, -0.15) is 5.10 Å². The van der Waals surface area contributed by atoms with Gasteiger partial charge >= 0.3 is 0 Å². The van der Waals surface area contributed by atoms with E-state index in [9.17, 15) is 4.79 Å². The van der Waals surface area contributed by atoms with Gasteiger partial charge in [0.05, 0.1) is 10.2 Å². The van der Waals surface area contributed by atoms with Gasteiger partial charge in [-0.1, -0.05) is 34.2 Å². The van der Waals surface area contributed by atoms with Crippen LogP contribution in [0.4, 0.5) is 10.8 Å². The molecule has 0 radical (unpaired) electrons. The molecule has 8 heteroatoms. The first-order chi connectivity index (χ1) is 14.6. The average Bonchev–Trinajstić information content (AvgIpc) is 3.13. The Morgan fingerprint density at radius 2 is 1.94 bits per heavy atom. The highest BCUT2D eigenvalue weighted by atomic mass is 79.9. The number of thiazole rings is 1. The van der Waals surface area contributed by atoms with Crippen molar-refractivity contribution in [2.24, 2.45) is 5.10 Å². The number of nitrogens with zero attached hydrogens (tertiary/aromatic N) is 2. The van der Waals surface area contributed by atoms with Crippen molar-refractivity contribution in [3.05, 3.63) is 45.9 Å². The average molecular weight is 503 g/mol. The van der Waals surface area contributed by atoms with Gasteiger partial charge < -0.3 is 10.1 Å². The van der Waals surface area contributed by atoms with Crippen molar-refractivity contribution < 1.29 is 9.53 Å². The van der Waals surface area contributed by atoms with E-state index in [4.69, 9.17) is 4.74 Å². The first kappa shape index (κ1) is 23.2. The van der Waals surface area contributed by atoms with Crippen molar-refractivity contribution in [2.45, 2.75) is 53.6 Å². The number of carbonyl (C=O) groups is 1. The Hall–Kier alpha value is -2.45. The number of fused-ring (bicyclic) bond motifs is 1. The Morgan fingerprint density at radius 1 is 1.26 bits per heavy atom. The molecule has 0 spiro atoms. The van der Waals surface area contributed by atoms with Crippen LogP contribution < -0.4 is 15.5 Å². The smallest absolute Gasteiger partial charge is 0.267 e. The van der Waals surface area contributed by atoms with Crippen molar-refractivity contribution in [2.75, 3.05) is 10.7 Å². The highest BCUT2D eigenvalue weighted by Crippen LogP contribution is 2.35. The lowest BCUT2D eigenvalue weighted by molar-refractivity contribution is -0.128. The van der Waals surface area contributed by atoms with E-state index in [0.717, 1.165) is 48.8 Å². The van der Waals surface area contributed by atoms with E-state index < -0.39 is 5.60 Å². The third-order valence-corrected chi connectivity index (χ3v) is 6.57. The molecular weight excluding hydrogens is 476 g/mol. The number of halogens is 1. The van der Waals surface area contributed by atoms with Crippen LogP contribution in [-0.2, 0) is 4.79 Å². The first-order valence-electron chi connectivity index (χ1n) is 10.1. The summed E-state index contributed by atoms with van der Waals surface area (Å²) >= 11 is 4.93. The Bertz CT molecular complexity index is 1140. The summed E-state index contributed by atoms with van der Waals surface area (Å²) in [7, 11) is 0. The summed E-state index contributed by atoms with van der Waals surface area (Å²) in [4.78, 5) is 17.7. The molecule has 0 bridgehead atoms. The zero-order valence-electron chi connectivity index (χ0n) is 18.6. The number of nitrogens with one attached hydrogen (secondary N) is 2. The van der Waals surface area contributed by atoms with E-state index in [2.05, 4.69) is 43.7 Å². The van der Waals surface area contributed by atoms with E-state index in [0.29, 0.717) is 5.75 Å². The molecule has 1 heterocycles. The predicted octanol–water partition coefficient (Wildman–Crippen LogP) is 6.67. The SMILES string of the molecule is CC/C(C)=N/Nc1nc2cc(C)c(NC(=O)C(C)(C)Oc3ccc(Br)cc3)c(C)c2s1. The Kier molecular flexibility index (Phi) is 7.01.